The fraction of sp³-hybridized carbons (Fsp3) is 0.423. The van der Waals surface area contributed by atoms with Crippen molar-refractivity contribution in [2.24, 2.45) is 0 Å². The van der Waals surface area contributed by atoms with Gasteiger partial charge in [-0.25, -0.2) is 4.68 Å². The molecule has 4 atom stereocenters. The van der Waals surface area contributed by atoms with Crippen LogP contribution in [0.1, 0.15) is 74.3 Å². The highest BCUT2D eigenvalue weighted by molar-refractivity contribution is 5.64. The lowest BCUT2D eigenvalue weighted by atomic mass is 9.99. The van der Waals surface area contributed by atoms with Crippen LogP contribution >= 0.6 is 0 Å². The first-order chi connectivity index (χ1) is 15.6. The van der Waals surface area contributed by atoms with Gasteiger partial charge in [0, 0.05) is 36.0 Å². The van der Waals surface area contributed by atoms with Gasteiger partial charge in [0.05, 0.1) is 13.3 Å². The summed E-state index contributed by atoms with van der Waals surface area (Å²) in [4.78, 5) is 2.16. The van der Waals surface area contributed by atoms with E-state index in [4.69, 9.17) is 9.47 Å². The molecular weight excluding hydrogens is 402 g/mol. The molecular formula is C26H31N3O3. The van der Waals surface area contributed by atoms with Gasteiger partial charge in [0.2, 0.25) is 0 Å². The predicted molar refractivity (Wildman–Crippen MR) is 123 cm³/mol. The zero-order valence-electron chi connectivity index (χ0n) is 18.9. The van der Waals surface area contributed by atoms with Gasteiger partial charge in [0.1, 0.15) is 18.2 Å². The summed E-state index contributed by atoms with van der Waals surface area (Å²) >= 11 is 0. The molecule has 168 valence electrons. The highest BCUT2D eigenvalue weighted by Crippen LogP contribution is 2.46. The van der Waals surface area contributed by atoms with E-state index in [0.29, 0.717) is 0 Å². The van der Waals surface area contributed by atoms with Crippen LogP contribution in [0.2, 0.25) is 0 Å². The van der Waals surface area contributed by atoms with Gasteiger partial charge in [-0.3, -0.25) is 4.90 Å². The number of hydrogen-bond donors (Lipinski definition) is 1. The summed E-state index contributed by atoms with van der Waals surface area (Å²) in [6.45, 7) is 5.10. The Hall–Kier alpha value is -2.67. The number of fused-ring (bicyclic) bond motifs is 1. The third-order valence-corrected chi connectivity index (χ3v) is 6.98. The van der Waals surface area contributed by atoms with E-state index in [1.54, 1.807) is 7.11 Å². The zero-order chi connectivity index (χ0) is 22.2. The molecule has 0 saturated carbocycles. The van der Waals surface area contributed by atoms with Crippen LogP contribution < -0.4 is 4.74 Å². The molecule has 5 rings (SSSR count). The minimum absolute atomic E-state index is 0.0263. The van der Waals surface area contributed by atoms with Gasteiger partial charge in [0.15, 0.2) is 0 Å². The molecule has 2 aromatic carbocycles. The zero-order valence-corrected chi connectivity index (χ0v) is 18.9. The maximum atomic E-state index is 11.3. The van der Waals surface area contributed by atoms with Crippen molar-refractivity contribution in [1.29, 1.82) is 0 Å². The average Bonchev–Trinajstić information content (AvgIpc) is 3.43. The number of nitrogens with zero attached hydrogens (tertiary/aromatic N) is 3. The van der Waals surface area contributed by atoms with E-state index in [0.717, 1.165) is 47.5 Å². The standard InChI is InChI=1S/C26H31N3O3/c1-17(19-7-10-22(31-3)11-8-19)29-18(2)23-12-9-20(14-24(23)26(29)30)21-15-27-28(16-21)25-6-4-5-13-32-25/h7-12,14-18,25-26,30H,4-6,13H2,1-3H3/t17-,18?,25?,26?/m1/s1. The second-order valence-corrected chi connectivity index (χ2v) is 8.82. The normalized spacial score (nSPS) is 24.3. The number of rotatable bonds is 5. The average molecular weight is 434 g/mol. The molecule has 0 spiro atoms. The van der Waals surface area contributed by atoms with Crippen LogP contribution in [0.15, 0.2) is 54.9 Å². The number of ether oxygens (including phenoxy) is 2. The number of benzene rings is 2. The Labute approximate surface area is 189 Å². The molecule has 0 radical (unpaired) electrons. The van der Waals surface area contributed by atoms with Crippen LogP contribution in [0.5, 0.6) is 5.75 Å². The van der Waals surface area contributed by atoms with Gasteiger partial charge in [-0.15, -0.1) is 0 Å². The van der Waals surface area contributed by atoms with E-state index in [1.165, 1.54) is 12.0 Å². The number of methoxy groups -OCH3 is 1. The lowest BCUT2D eigenvalue weighted by molar-refractivity contribution is -0.0394. The largest absolute Gasteiger partial charge is 0.497 e. The van der Waals surface area contributed by atoms with Crippen molar-refractivity contribution in [1.82, 2.24) is 14.7 Å². The molecule has 0 amide bonds. The van der Waals surface area contributed by atoms with E-state index in [1.807, 2.05) is 23.0 Å². The quantitative estimate of drug-likeness (QED) is 0.585. The van der Waals surface area contributed by atoms with Gasteiger partial charge in [-0.2, -0.15) is 5.10 Å². The lowest BCUT2D eigenvalue weighted by Crippen LogP contribution is -2.28. The Morgan fingerprint density at radius 2 is 1.91 bits per heavy atom. The summed E-state index contributed by atoms with van der Waals surface area (Å²) in [6.07, 6.45) is 6.61. The smallest absolute Gasteiger partial charge is 0.150 e. The summed E-state index contributed by atoms with van der Waals surface area (Å²) in [5.41, 5.74) is 5.40. The molecule has 0 bridgehead atoms. The maximum absolute atomic E-state index is 11.3. The summed E-state index contributed by atoms with van der Waals surface area (Å²) < 4.78 is 13.1. The minimum atomic E-state index is -0.659. The number of aromatic nitrogens is 2. The van der Waals surface area contributed by atoms with Gasteiger partial charge in [-0.05, 0) is 68.0 Å². The van der Waals surface area contributed by atoms with E-state index in [9.17, 15) is 5.11 Å². The third-order valence-electron chi connectivity index (χ3n) is 6.98. The highest BCUT2D eigenvalue weighted by atomic mass is 16.5. The molecule has 2 aliphatic rings. The topological polar surface area (TPSA) is 59.8 Å². The molecule has 3 aromatic rings. The first kappa shape index (κ1) is 21.2. The first-order valence-corrected chi connectivity index (χ1v) is 11.5. The number of hydrogen-bond acceptors (Lipinski definition) is 5. The molecule has 2 aliphatic heterocycles. The monoisotopic (exact) mass is 433 g/mol. The Balaban J connectivity index is 1.39. The van der Waals surface area contributed by atoms with Crippen molar-refractivity contribution < 1.29 is 14.6 Å². The van der Waals surface area contributed by atoms with E-state index in [-0.39, 0.29) is 18.3 Å². The molecule has 6 nitrogen and oxygen atoms in total. The van der Waals surface area contributed by atoms with Crippen LogP contribution in [0.3, 0.4) is 0 Å². The van der Waals surface area contributed by atoms with Crippen molar-refractivity contribution in [2.45, 2.75) is 57.6 Å². The van der Waals surface area contributed by atoms with Crippen LogP contribution in [0.25, 0.3) is 11.1 Å². The molecule has 1 fully saturated rings. The molecule has 3 heterocycles. The SMILES string of the molecule is COc1ccc([C@@H](C)N2C(C)c3ccc(-c4cnn(C5CCCCO5)c4)cc3C2O)cc1. The van der Waals surface area contributed by atoms with Gasteiger partial charge < -0.3 is 14.6 Å². The van der Waals surface area contributed by atoms with E-state index < -0.39 is 6.23 Å². The summed E-state index contributed by atoms with van der Waals surface area (Å²) in [5, 5.41) is 15.8. The fourth-order valence-corrected chi connectivity index (χ4v) is 5.07. The van der Waals surface area contributed by atoms with Crippen molar-refractivity contribution in [3.8, 4) is 16.9 Å². The first-order valence-electron chi connectivity index (χ1n) is 11.5. The molecule has 6 heteroatoms. The maximum Gasteiger partial charge on any atom is 0.150 e. The third kappa shape index (κ3) is 3.72. The van der Waals surface area contributed by atoms with Gasteiger partial charge in [0.25, 0.3) is 0 Å². The van der Waals surface area contributed by atoms with E-state index in [2.05, 4.69) is 60.4 Å². The summed E-state index contributed by atoms with van der Waals surface area (Å²) in [7, 11) is 1.67. The van der Waals surface area contributed by atoms with Crippen LogP contribution in [0.4, 0.5) is 0 Å². The predicted octanol–water partition coefficient (Wildman–Crippen LogP) is 5.39. The Morgan fingerprint density at radius 1 is 1.09 bits per heavy atom. The fourth-order valence-electron chi connectivity index (χ4n) is 5.07. The second-order valence-electron chi connectivity index (χ2n) is 8.82. The molecule has 0 aliphatic carbocycles. The molecule has 1 saturated heterocycles. The Kier molecular flexibility index (Phi) is 5.76. The van der Waals surface area contributed by atoms with Crippen LogP contribution in [-0.2, 0) is 4.74 Å². The van der Waals surface area contributed by atoms with Gasteiger partial charge >= 0.3 is 0 Å². The van der Waals surface area contributed by atoms with Crippen molar-refractivity contribution in [3.05, 3.63) is 71.5 Å². The second kappa shape index (κ2) is 8.70. The molecule has 1 N–H and O–H groups in total. The van der Waals surface area contributed by atoms with E-state index >= 15 is 0 Å². The summed E-state index contributed by atoms with van der Waals surface area (Å²) in [6, 6.07) is 14.6. The van der Waals surface area contributed by atoms with Crippen molar-refractivity contribution in [2.75, 3.05) is 13.7 Å². The van der Waals surface area contributed by atoms with Crippen LogP contribution in [-0.4, -0.2) is 33.5 Å². The Bertz CT molecular complexity index is 1070. The van der Waals surface area contributed by atoms with Gasteiger partial charge in [-0.1, -0.05) is 24.3 Å². The molecule has 32 heavy (non-hydrogen) atoms. The van der Waals surface area contributed by atoms with Crippen LogP contribution in [0, 0.1) is 0 Å². The molecule has 1 aromatic heterocycles. The molecule has 3 unspecified atom stereocenters. The van der Waals surface area contributed by atoms with Crippen molar-refractivity contribution >= 4 is 0 Å². The minimum Gasteiger partial charge on any atom is -0.497 e. The Morgan fingerprint density at radius 3 is 2.62 bits per heavy atom. The van der Waals surface area contributed by atoms with Crippen molar-refractivity contribution in [3.63, 3.8) is 0 Å². The lowest BCUT2D eigenvalue weighted by Gasteiger charge is -2.32. The number of aliphatic hydroxyl groups excluding tert-OH is 1. The summed E-state index contributed by atoms with van der Waals surface area (Å²) in [5.74, 6) is 0.836. The highest BCUT2D eigenvalue weighted by Gasteiger charge is 2.38. The number of aliphatic hydroxyl groups is 1.